The third kappa shape index (κ3) is 2.97. The molecule has 0 N–H and O–H groups in total. The minimum atomic E-state index is 0.478. The summed E-state index contributed by atoms with van der Waals surface area (Å²) in [4.78, 5) is 2.19. The second-order valence-electron chi connectivity index (χ2n) is 3.68. The van der Waals surface area contributed by atoms with Crippen LogP contribution < -0.4 is 4.90 Å². The van der Waals surface area contributed by atoms with E-state index in [0.29, 0.717) is 11.6 Å². The molecule has 1 atom stereocenters. The molecule has 2 nitrogen and oxygen atoms in total. The van der Waals surface area contributed by atoms with Crippen molar-refractivity contribution in [3.05, 3.63) is 28.2 Å². The first-order valence-electron chi connectivity index (χ1n) is 5.02. The molecule has 1 rings (SSSR count). The number of nitrogens with zero attached hydrogens (tertiary/aromatic N) is 2. The van der Waals surface area contributed by atoms with E-state index in [-0.39, 0.29) is 0 Å². The molecule has 0 spiro atoms. The molecule has 0 radical (unpaired) electrons. The molecule has 80 valence electrons. The molecule has 0 fully saturated rings. The van der Waals surface area contributed by atoms with Gasteiger partial charge in [0.25, 0.3) is 0 Å². The van der Waals surface area contributed by atoms with E-state index < -0.39 is 0 Å². The molecule has 1 unspecified atom stereocenters. The molecule has 0 saturated carbocycles. The van der Waals surface area contributed by atoms with Gasteiger partial charge in [0.1, 0.15) is 0 Å². The van der Waals surface area contributed by atoms with Crippen molar-refractivity contribution in [2.24, 2.45) is 0 Å². The topological polar surface area (TPSA) is 27.0 Å². The van der Waals surface area contributed by atoms with Crippen molar-refractivity contribution in [2.45, 2.75) is 26.3 Å². The Balaban J connectivity index is 3.04. The zero-order chi connectivity index (χ0) is 11.4. The molecule has 0 heterocycles. The van der Waals surface area contributed by atoms with E-state index in [4.69, 9.17) is 5.26 Å². The Morgan fingerprint density at radius 1 is 1.47 bits per heavy atom. The van der Waals surface area contributed by atoms with Crippen molar-refractivity contribution in [1.29, 1.82) is 5.26 Å². The van der Waals surface area contributed by atoms with Crippen LogP contribution in [0.15, 0.2) is 22.7 Å². The molecular formula is C12H15BrN2. The van der Waals surface area contributed by atoms with E-state index in [1.54, 1.807) is 0 Å². The monoisotopic (exact) mass is 266 g/mol. The van der Waals surface area contributed by atoms with Gasteiger partial charge in [-0.15, -0.1) is 0 Å². The van der Waals surface area contributed by atoms with Crippen molar-refractivity contribution in [2.75, 3.05) is 11.9 Å². The summed E-state index contributed by atoms with van der Waals surface area (Å²) in [6.45, 7) is 4.33. The summed E-state index contributed by atoms with van der Waals surface area (Å²) in [6, 6.07) is 8.42. The van der Waals surface area contributed by atoms with E-state index in [1.165, 1.54) is 0 Å². The Labute approximate surface area is 99.6 Å². The molecule has 0 aliphatic carbocycles. The van der Waals surface area contributed by atoms with Gasteiger partial charge in [-0.05, 0) is 31.5 Å². The van der Waals surface area contributed by atoms with Crippen molar-refractivity contribution in [3.63, 3.8) is 0 Å². The summed E-state index contributed by atoms with van der Waals surface area (Å²) in [5.74, 6) is 0. The number of nitriles is 1. The SMILES string of the molecule is CCC(C)N(C)c1cc(Br)cc(C#N)c1. The normalized spacial score (nSPS) is 11.9. The maximum Gasteiger partial charge on any atom is 0.0992 e. The average molecular weight is 267 g/mol. The standard InChI is InChI=1S/C12H15BrN2/c1-4-9(2)15(3)12-6-10(8-14)5-11(13)7-12/h5-7,9H,4H2,1-3H3. The molecule has 15 heavy (non-hydrogen) atoms. The summed E-state index contributed by atoms with van der Waals surface area (Å²) < 4.78 is 0.951. The highest BCUT2D eigenvalue weighted by atomic mass is 79.9. The van der Waals surface area contributed by atoms with Crippen molar-refractivity contribution in [3.8, 4) is 6.07 Å². The third-order valence-electron chi connectivity index (χ3n) is 2.67. The van der Waals surface area contributed by atoms with E-state index in [2.05, 4.69) is 47.8 Å². The molecule has 1 aromatic carbocycles. The van der Waals surface area contributed by atoms with E-state index in [9.17, 15) is 0 Å². The summed E-state index contributed by atoms with van der Waals surface area (Å²) in [5, 5.41) is 8.87. The molecule has 0 aliphatic heterocycles. The Bertz CT molecular complexity index is 382. The van der Waals surface area contributed by atoms with Gasteiger partial charge in [0.15, 0.2) is 0 Å². The van der Waals surface area contributed by atoms with Gasteiger partial charge in [-0.2, -0.15) is 5.26 Å². The van der Waals surface area contributed by atoms with Crippen LogP contribution in [-0.2, 0) is 0 Å². The van der Waals surface area contributed by atoms with Crippen LogP contribution in [-0.4, -0.2) is 13.1 Å². The van der Waals surface area contributed by atoms with Crippen LogP contribution in [0, 0.1) is 11.3 Å². The zero-order valence-corrected chi connectivity index (χ0v) is 10.9. The molecular weight excluding hydrogens is 252 g/mol. The quantitative estimate of drug-likeness (QED) is 0.837. The summed E-state index contributed by atoms with van der Waals surface area (Å²) >= 11 is 3.42. The number of anilines is 1. The fourth-order valence-corrected chi connectivity index (χ4v) is 1.85. The van der Waals surface area contributed by atoms with E-state index >= 15 is 0 Å². The predicted octanol–water partition coefficient (Wildman–Crippen LogP) is 3.56. The Hall–Kier alpha value is -1.01. The first kappa shape index (κ1) is 12.1. The van der Waals surface area contributed by atoms with Crippen LogP contribution in [0.25, 0.3) is 0 Å². The molecule has 1 aromatic rings. The predicted molar refractivity (Wildman–Crippen MR) is 67.0 cm³/mol. The highest BCUT2D eigenvalue weighted by Crippen LogP contribution is 2.23. The highest BCUT2D eigenvalue weighted by Gasteiger charge is 2.09. The number of hydrogen-bond acceptors (Lipinski definition) is 2. The highest BCUT2D eigenvalue weighted by molar-refractivity contribution is 9.10. The fourth-order valence-electron chi connectivity index (χ4n) is 1.37. The van der Waals surface area contributed by atoms with E-state index in [1.807, 2.05) is 18.2 Å². The Morgan fingerprint density at radius 2 is 2.13 bits per heavy atom. The minimum absolute atomic E-state index is 0.478. The lowest BCUT2D eigenvalue weighted by atomic mass is 10.1. The third-order valence-corrected chi connectivity index (χ3v) is 3.13. The minimum Gasteiger partial charge on any atom is -0.372 e. The maximum absolute atomic E-state index is 8.87. The number of hydrogen-bond donors (Lipinski definition) is 0. The lowest BCUT2D eigenvalue weighted by Gasteiger charge is -2.26. The number of benzene rings is 1. The smallest absolute Gasteiger partial charge is 0.0992 e. The molecule has 0 saturated heterocycles. The van der Waals surface area contributed by atoms with Crippen molar-refractivity contribution >= 4 is 21.6 Å². The lowest BCUT2D eigenvalue weighted by molar-refractivity contribution is 0.664. The second kappa shape index (κ2) is 5.18. The van der Waals surface area contributed by atoms with Gasteiger partial charge in [0.05, 0.1) is 11.6 Å². The summed E-state index contributed by atoms with van der Waals surface area (Å²) in [5.41, 5.74) is 1.77. The molecule has 0 amide bonds. The van der Waals surface area contributed by atoms with Crippen molar-refractivity contribution in [1.82, 2.24) is 0 Å². The summed E-state index contributed by atoms with van der Waals surface area (Å²) in [7, 11) is 2.05. The van der Waals surface area contributed by atoms with Gasteiger partial charge in [-0.25, -0.2) is 0 Å². The van der Waals surface area contributed by atoms with Crippen LogP contribution in [0.1, 0.15) is 25.8 Å². The van der Waals surface area contributed by atoms with Gasteiger partial charge in [-0.3, -0.25) is 0 Å². The fraction of sp³-hybridized carbons (Fsp3) is 0.417. The first-order chi connectivity index (χ1) is 7.08. The van der Waals surface area contributed by atoms with E-state index in [0.717, 1.165) is 16.6 Å². The number of halogens is 1. The van der Waals surface area contributed by atoms with Gasteiger partial charge in [0.2, 0.25) is 0 Å². The van der Waals surface area contributed by atoms with Crippen LogP contribution in [0.4, 0.5) is 5.69 Å². The molecule has 0 bridgehead atoms. The zero-order valence-electron chi connectivity index (χ0n) is 9.29. The van der Waals surface area contributed by atoms with Gasteiger partial charge < -0.3 is 4.90 Å². The van der Waals surface area contributed by atoms with Crippen LogP contribution in [0.2, 0.25) is 0 Å². The summed E-state index contributed by atoms with van der Waals surface area (Å²) in [6.07, 6.45) is 1.09. The van der Waals surface area contributed by atoms with Crippen LogP contribution >= 0.6 is 15.9 Å². The van der Waals surface area contributed by atoms with Gasteiger partial charge in [0, 0.05) is 23.2 Å². The molecule has 0 aliphatic rings. The molecule has 3 heteroatoms. The Kier molecular flexibility index (Phi) is 4.16. The van der Waals surface area contributed by atoms with Crippen molar-refractivity contribution < 1.29 is 0 Å². The Morgan fingerprint density at radius 3 is 2.67 bits per heavy atom. The number of rotatable bonds is 3. The second-order valence-corrected chi connectivity index (χ2v) is 4.59. The first-order valence-corrected chi connectivity index (χ1v) is 5.81. The van der Waals surface area contributed by atoms with Gasteiger partial charge in [-0.1, -0.05) is 22.9 Å². The average Bonchev–Trinajstić information content (AvgIpc) is 2.26. The maximum atomic E-state index is 8.87. The largest absolute Gasteiger partial charge is 0.372 e. The molecule has 0 aromatic heterocycles. The van der Waals surface area contributed by atoms with Crippen LogP contribution in [0.5, 0.6) is 0 Å². The van der Waals surface area contributed by atoms with Crippen LogP contribution in [0.3, 0.4) is 0 Å². The lowest BCUT2D eigenvalue weighted by Crippen LogP contribution is -2.27. The van der Waals surface area contributed by atoms with Gasteiger partial charge >= 0.3 is 0 Å².